The van der Waals surface area contributed by atoms with E-state index in [2.05, 4.69) is 25.3 Å². The van der Waals surface area contributed by atoms with E-state index in [0.29, 0.717) is 50.3 Å². The number of hydrogen-bond acceptors (Lipinski definition) is 10. The van der Waals surface area contributed by atoms with Crippen molar-refractivity contribution in [3.05, 3.63) is 84.5 Å². The Bertz CT molecular complexity index is 2230. The lowest BCUT2D eigenvalue weighted by atomic mass is 10.1. The summed E-state index contributed by atoms with van der Waals surface area (Å²) in [5.74, 6) is -1.30. The van der Waals surface area contributed by atoms with Crippen LogP contribution in [0.3, 0.4) is 0 Å². The minimum absolute atomic E-state index is 0.210. The lowest BCUT2D eigenvalue weighted by Crippen LogP contribution is -2.57. The van der Waals surface area contributed by atoms with Crippen molar-refractivity contribution in [2.45, 2.75) is 93.7 Å². The van der Waals surface area contributed by atoms with Gasteiger partial charge in [0.05, 0.1) is 28.7 Å². The first-order valence-corrected chi connectivity index (χ1v) is 20.5. The second kappa shape index (κ2) is 14.7. The number of carbonyl (C=O) groups excluding carboxylic acids is 3. The summed E-state index contributed by atoms with van der Waals surface area (Å²) in [6, 6.07) is 14.8. The molecule has 3 amide bonds. The van der Waals surface area contributed by atoms with E-state index in [4.69, 9.17) is 9.72 Å². The normalized spacial score (nSPS) is 26.5. The van der Waals surface area contributed by atoms with Crippen molar-refractivity contribution in [3.63, 3.8) is 0 Å². The van der Waals surface area contributed by atoms with Crippen LogP contribution >= 0.6 is 0 Å². The number of amides is 3. The van der Waals surface area contributed by atoms with E-state index in [-0.39, 0.29) is 30.0 Å². The number of aromatic nitrogens is 3. The molecule has 2 saturated carbocycles. The maximum Gasteiger partial charge on any atom is 0.271 e. The minimum Gasteiger partial charge on any atom is -0.472 e. The number of nitrogens with zero attached hydrogens (tertiary/aromatic N) is 4. The molecule has 0 spiro atoms. The molecule has 2 aromatic carbocycles. The number of pyridine rings is 1. The number of nitrogens with one attached hydrogen (secondary N) is 3. The number of ether oxygens (including phenoxy) is 1. The van der Waals surface area contributed by atoms with Gasteiger partial charge in [-0.1, -0.05) is 61.4 Å². The van der Waals surface area contributed by atoms with E-state index in [0.717, 1.165) is 47.4 Å². The molecule has 4 aliphatic rings. The second-order valence-electron chi connectivity index (χ2n) is 15.2. The first-order valence-electron chi connectivity index (χ1n) is 18.9. The molecule has 2 aliphatic heterocycles. The zero-order chi connectivity index (χ0) is 37.5. The minimum atomic E-state index is -3.83. The van der Waals surface area contributed by atoms with Gasteiger partial charge in [0.15, 0.2) is 0 Å². The number of para-hydroxylation sites is 1. The van der Waals surface area contributed by atoms with E-state index < -0.39 is 44.8 Å². The van der Waals surface area contributed by atoms with Crippen molar-refractivity contribution in [3.8, 4) is 5.88 Å². The largest absolute Gasteiger partial charge is 0.472 e. The zero-order valence-corrected chi connectivity index (χ0v) is 31.1. The summed E-state index contributed by atoms with van der Waals surface area (Å²) >= 11 is 0. The standard InChI is InChI=1S/C40H45N7O6S/c1-25-21-42-34(22-41-25)36(48)43-27-12-6-4-2-3-5-11-26-20-40(26,39(50)46-54(51,52)29-17-18-29)45-37(49)35-19-28(24-47(35)23-27)53-38-32-15-8-7-13-30(32)31-14-9-10-16-33(31)44-38/h5,7-11,13-16,21-22,26-29,35H,2-4,6,12,17-20,23-24H2,1H3,(H,43,48)(H,45,49)(H,46,50). The lowest BCUT2D eigenvalue weighted by molar-refractivity contribution is -0.132. The summed E-state index contributed by atoms with van der Waals surface area (Å²) in [4.78, 5) is 57.1. The second-order valence-corrected chi connectivity index (χ2v) is 17.1. The Labute approximate surface area is 314 Å². The van der Waals surface area contributed by atoms with Gasteiger partial charge >= 0.3 is 0 Å². The van der Waals surface area contributed by atoms with Gasteiger partial charge in [-0.3, -0.25) is 29.0 Å². The monoisotopic (exact) mass is 751 g/mol. The lowest BCUT2D eigenvalue weighted by Gasteiger charge is -2.30. The average Bonchev–Trinajstić information content (AvgIpc) is 4.09. The van der Waals surface area contributed by atoms with Crippen LogP contribution in [-0.2, 0) is 19.6 Å². The summed E-state index contributed by atoms with van der Waals surface area (Å²) in [6.45, 7) is 2.50. The van der Waals surface area contributed by atoms with Crippen molar-refractivity contribution in [2.24, 2.45) is 5.92 Å². The molecule has 13 nitrogen and oxygen atoms in total. The average molecular weight is 752 g/mol. The van der Waals surface area contributed by atoms with E-state index in [1.165, 1.54) is 6.20 Å². The summed E-state index contributed by atoms with van der Waals surface area (Å²) in [7, 11) is -3.83. The fourth-order valence-corrected chi connectivity index (χ4v) is 9.22. The van der Waals surface area contributed by atoms with Crippen LogP contribution in [0.1, 0.15) is 74.0 Å². The van der Waals surface area contributed by atoms with Gasteiger partial charge in [-0.15, -0.1) is 0 Å². The maximum atomic E-state index is 14.5. The van der Waals surface area contributed by atoms with Gasteiger partial charge in [0.25, 0.3) is 11.8 Å². The van der Waals surface area contributed by atoms with Crippen molar-refractivity contribution >= 4 is 49.4 Å². The van der Waals surface area contributed by atoms with E-state index in [9.17, 15) is 22.8 Å². The Kier molecular flexibility index (Phi) is 9.82. The number of benzene rings is 2. The van der Waals surface area contributed by atoms with Crippen molar-refractivity contribution in [1.82, 2.24) is 35.2 Å². The smallest absolute Gasteiger partial charge is 0.271 e. The molecule has 2 aromatic heterocycles. The van der Waals surface area contributed by atoms with Gasteiger partial charge in [-0.25, -0.2) is 18.4 Å². The molecule has 14 heteroatoms. The molecule has 4 heterocycles. The number of aryl methyl sites for hydroxylation is 1. The number of carbonyl (C=O) groups is 3. The predicted molar refractivity (Wildman–Crippen MR) is 203 cm³/mol. The third kappa shape index (κ3) is 7.54. The van der Waals surface area contributed by atoms with Crippen molar-refractivity contribution in [1.29, 1.82) is 0 Å². The molecule has 2 aliphatic carbocycles. The molecule has 3 fully saturated rings. The summed E-state index contributed by atoms with van der Waals surface area (Å²) in [5.41, 5.74) is 0.325. The van der Waals surface area contributed by atoms with Gasteiger partial charge in [0.2, 0.25) is 21.8 Å². The molecule has 8 rings (SSSR count). The van der Waals surface area contributed by atoms with Gasteiger partial charge < -0.3 is 15.4 Å². The molecule has 5 unspecified atom stereocenters. The molecule has 5 atom stereocenters. The quantitative estimate of drug-likeness (QED) is 0.184. The molecule has 3 N–H and O–H groups in total. The highest BCUT2D eigenvalue weighted by Crippen LogP contribution is 2.46. The zero-order valence-electron chi connectivity index (χ0n) is 30.2. The summed E-state index contributed by atoms with van der Waals surface area (Å²) in [5, 5.41) is 8.48. The van der Waals surface area contributed by atoms with E-state index in [1.54, 1.807) is 13.1 Å². The molecule has 282 valence electrons. The molecule has 1 saturated heterocycles. The van der Waals surface area contributed by atoms with Gasteiger partial charge in [0, 0.05) is 48.4 Å². The first kappa shape index (κ1) is 36.0. The summed E-state index contributed by atoms with van der Waals surface area (Å²) < 4.78 is 34.7. The third-order valence-corrected chi connectivity index (χ3v) is 12.9. The van der Waals surface area contributed by atoms with Crippen LogP contribution in [0.5, 0.6) is 5.88 Å². The van der Waals surface area contributed by atoms with Crippen LogP contribution in [0, 0.1) is 12.8 Å². The van der Waals surface area contributed by atoms with Gasteiger partial charge in [-0.05, 0) is 63.0 Å². The molecule has 4 aromatic rings. The highest BCUT2D eigenvalue weighted by Gasteiger charge is 2.62. The fourth-order valence-electron chi connectivity index (χ4n) is 7.86. The Morgan fingerprint density at radius 3 is 2.50 bits per heavy atom. The van der Waals surface area contributed by atoms with E-state index >= 15 is 0 Å². The SMILES string of the molecule is Cc1cnc(C(=O)NC2CCCCCC=CC3CC3(C(=O)NS(=O)(=O)C3CC3)NC(=O)C3CC(Oc4nc5ccccc5c5ccccc45)CN3C2)cn1. The molecular weight excluding hydrogens is 707 g/mol. The number of sulfonamides is 1. The van der Waals surface area contributed by atoms with Crippen LogP contribution in [0.2, 0.25) is 0 Å². The Morgan fingerprint density at radius 2 is 1.72 bits per heavy atom. The van der Waals surface area contributed by atoms with Crippen LogP contribution < -0.4 is 20.1 Å². The van der Waals surface area contributed by atoms with Crippen molar-refractivity contribution in [2.75, 3.05) is 13.1 Å². The number of fused-ring (bicyclic) bond motifs is 5. The fraction of sp³-hybridized carbons (Fsp3) is 0.450. The van der Waals surface area contributed by atoms with Crippen LogP contribution in [0.4, 0.5) is 0 Å². The number of rotatable bonds is 7. The Balaban J connectivity index is 1.10. The van der Waals surface area contributed by atoms with Crippen LogP contribution in [0.15, 0.2) is 73.1 Å². The summed E-state index contributed by atoms with van der Waals surface area (Å²) in [6.07, 6.45) is 12.3. The highest BCUT2D eigenvalue weighted by molar-refractivity contribution is 7.91. The number of allylic oxidation sites excluding steroid dienone is 1. The van der Waals surface area contributed by atoms with Crippen LogP contribution in [0.25, 0.3) is 21.7 Å². The van der Waals surface area contributed by atoms with Gasteiger partial charge in [0.1, 0.15) is 17.3 Å². The molecule has 54 heavy (non-hydrogen) atoms. The van der Waals surface area contributed by atoms with Crippen LogP contribution in [-0.4, -0.2) is 88.1 Å². The number of hydrogen-bond donors (Lipinski definition) is 3. The molecule has 0 radical (unpaired) electrons. The van der Waals surface area contributed by atoms with E-state index in [1.807, 2.05) is 65.6 Å². The highest BCUT2D eigenvalue weighted by atomic mass is 32.2. The predicted octanol–water partition coefficient (Wildman–Crippen LogP) is 4.11. The molecule has 0 bridgehead atoms. The third-order valence-electron chi connectivity index (χ3n) is 11.1. The first-order chi connectivity index (χ1) is 26.1. The Morgan fingerprint density at radius 1 is 0.944 bits per heavy atom. The van der Waals surface area contributed by atoms with Gasteiger partial charge in [-0.2, -0.15) is 0 Å². The topological polar surface area (TPSA) is 173 Å². The molecular formula is C40H45N7O6S. The Hall–Kier alpha value is -4.95. The van der Waals surface area contributed by atoms with Crippen molar-refractivity contribution < 1.29 is 27.5 Å². The maximum absolute atomic E-state index is 14.5.